The minimum absolute atomic E-state index is 0.0213. The summed E-state index contributed by atoms with van der Waals surface area (Å²) in [4.78, 5) is 0. The predicted octanol–water partition coefficient (Wildman–Crippen LogP) is 0.473. The van der Waals surface area contributed by atoms with E-state index in [2.05, 4.69) is 5.32 Å². The van der Waals surface area contributed by atoms with Gasteiger partial charge in [0, 0.05) is 6.04 Å². The molecule has 0 radical (unpaired) electrons. The van der Waals surface area contributed by atoms with Crippen molar-refractivity contribution in [3.8, 4) is 0 Å². The average molecular weight is 237 g/mol. The summed E-state index contributed by atoms with van der Waals surface area (Å²) in [5.74, 6) is 0.406. The highest BCUT2D eigenvalue weighted by atomic mass is 32.2. The zero-order valence-electron chi connectivity index (χ0n) is 8.32. The number of nitrogens with one attached hydrogen (secondary N) is 1. The average Bonchev–Trinajstić information content (AvgIpc) is 2.27. The molecule has 0 unspecified atom stereocenters. The second kappa shape index (κ2) is 4.44. The quantitative estimate of drug-likeness (QED) is 0.708. The molecule has 1 fully saturated rings. The fourth-order valence-electron chi connectivity index (χ4n) is 1.32. The van der Waals surface area contributed by atoms with Crippen LogP contribution >= 0.6 is 12.2 Å². The molecule has 1 aliphatic rings. The summed E-state index contributed by atoms with van der Waals surface area (Å²) < 4.78 is 27.4. The first-order valence-electron chi connectivity index (χ1n) is 4.56. The molecule has 82 valence electrons. The Bertz CT molecular complexity index is 311. The molecule has 1 heterocycles. The molecule has 0 aromatic rings. The molecule has 1 rings (SSSR count). The summed E-state index contributed by atoms with van der Waals surface area (Å²) >= 11 is 4.91. The molecule has 1 aliphatic heterocycles. The van der Waals surface area contributed by atoms with E-state index in [0.29, 0.717) is 11.6 Å². The van der Waals surface area contributed by atoms with Crippen molar-refractivity contribution in [1.29, 1.82) is 0 Å². The van der Waals surface area contributed by atoms with E-state index in [1.54, 1.807) is 0 Å². The van der Waals surface area contributed by atoms with Gasteiger partial charge in [0.25, 0.3) is 5.17 Å². The van der Waals surface area contributed by atoms with Crippen LogP contribution in [0.4, 0.5) is 0 Å². The summed E-state index contributed by atoms with van der Waals surface area (Å²) in [5.41, 5.74) is 0. The minimum Gasteiger partial charge on any atom is -0.468 e. The van der Waals surface area contributed by atoms with Crippen LogP contribution in [0.1, 0.15) is 20.3 Å². The number of ether oxygens (including phenoxy) is 1. The van der Waals surface area contributed by atoms with Gasteiger partial charge in [0.15, 0.2) is 9.84 Å². The number of hydrogen-bond donors (Lipinski definition) is 1. The SMILES string of the molecule is CC(C)OC(=S)N[C@@H]1CCS(=O)(=O)C1. The lowest BCUT2D eigenvalue weighted by Crippen LogP contribution is -2.36. The van der Waals surface area contributed by atoms with E-state index in [4.69, 9.17) is 17.0 Å². The lowest BCUT2D eigenvalue weighted by Gasteiger charge is -2.15. The molecule has 4 nitrogen and oxygen atoms in total. The molecule has 0 spiro atoms. The number of hydrogen-bond acceptors (Lipinski definition) is 4. The van der Waals surface area contributed by atoms with Gasteiger partial charge in [-0.1, -0.05) is 0 Å². The minimum atomic E-state index is -2.85. The molecule has 0 aromatic heterocycles. The smallest absolute Gasteiger partial charge is 0.257 e. The highest BCUT2D eigenvalue weighted by Crippen LogP contribution is 2.11. The molecule has 6 heteroatoms. The molecule has 0 amide bonds. The van der Waals surface area contributed by atoms with Gasteiger partial charge in [-0.15, -0.1) is 0 Å². The standard InChI is InChI=1S/C8H15NO3S2/c1-6(2)12-8(13)9-7-3-4-14(10,11)5-7/h6-7H,3-5H2,1-2H3,(H,9,13)/t7-/m1/s1. The van der Waals surface area contributed by atoms with E-state index in [1.807, 2.05) is 13.8 Å². The molecule has 1 saturated heterocycles. The first kappa shape index (κ1) is 11.7. The van der Waals surface area contributed by atoms with Crippen LogP contribution in [0.2, 0.25) is 0 Å². The topological polar surface area (TPSA) is 55.4 Å². The van der Waals surface area contributed by atoms with Crippen molar-refractivity contribution < 1.29 is 13.2 Å². The third-order valence-corrected chi connectivity index (χ3v) is 3.88. The van der Waals surface area contributed by atoms with Gasteiger partial charge < -0.3 is 10.1 Å². The molecular formula is C8H15NO3S2. The summed E-state index contributed by atoms with van der Waals surface area (Å²) in [6, 6.07) is -0.0775. The maximum Gasteiger partial charge on any atom is 0.257 e. The molecule has 14 heavy (non-hydrogen) atoms. The second-order valence-corrected chi connectivity index (χ2v) is 6.30. The molecule has 0 aromatic carbocycles. The van der Waals surface area contributed by atoms with Crippen LogP contribution < -0.4 is 5.32 Å². The third kappa shape index (κ3) is 3.79. The van der Waals surface area contributed by atoms with E-state index in [0.717, 1.165) is 0 Å². The Hall–Kier alpha value is -0.360. The Morgan fingerprint density at radius 2 is 2.21 bits per heavy atom. The summed E-state index contributed by atoms with van der Waals surface area (Å²) in [5, 5.41) is 3.19. The van der Waals surface area contributed by atoms with E-state index in [1.165, 1.54) is 0 Å². The Labute approximate surface area is 89.9 Å². The number of sulfone groups is 1. The van der Waals surface area contributed by atoms with Crippen molar-refractivity contribution in [2.45, 2.75) is 32.4 Å². The first-order valence-corrected chi connectivity index (χ1v) is 6.79. The Kier molecular flexibility index (Phi) is 3.71. The van der Waals surface area contributed by atoms with Gasteiger partial charge in [-0.25, -0.2) is 8.42 Å². The van der Waals surface area contributed by atoms with Crippen LogP contribution in [0, 0.1) is 0 Å². The van der Waals surface area contributed by atoms with Gasteiger partial charge in [0.1, 0.15) is 0 Å². The van der Waals surface area contributed by atoms with Gasteiger partial charge in [0.2, 0.25) is 0 Å². The first-order chi connectivity index (χ1) is 6.39. The van der Waals surface area contributed by atoms with E-state index in [-0.39, 0.29) is 23.7 Å². The summed E-state index contributed by atoms with van der Waals surface area (Å²) in [7, 11) is -2.85. The largest absolute Gasteiger partial charge is 0.468 e. The van der Waals surface area contributed by atoms with Crippen LogP contribution in [0.15, 0.2) is 0 Å². The van der Waals surface area contributed by atoms with E-state index >= 15 is 0 Å². The van der Waals surface area contributed by atoms with Crippen molar-refractivity contribution in [2.75, 3.05) is 11.5 Å². The molecule has 0 bridgehead atoms. The van der Waals surface area contributed by atoms with Crippen LogP contribution in [-0.2, 0) is 14.6 Å². The zero-order chi connectivity index (χ0) is 10.8. The van der Waals surface area contributed by atoms with Crippen molar-refractivity contribution >= 4 is 27.2 Å². The van der Waals surface area contributed by atoms with E-state index in [9.17, 15) is 8.42 Å². The monoisotopic (exact) mass is 237 g/mol. The van der Waals surface area contributed by atoms with Gasteiger partial charge in [-0.05, 0) is 32.5 Å². The van der Waals surface area contributed by atoms with E-state index < -0.39 is 9.84 Å². The maximum absolute atomic E-state index is 11.1. The second-order valence-electron chi connectivity index (χ2n) is 3.70. The highest BCUT2D eigenvalue weighted by Gasteiger charge is 2.28. The molecule has 0 saturated carbocycles. The maximum atomic E-state index is 11.1. The van der Waals surface area contributed by atoms with Crippen molar-refractivity contribution in [2.24, 2.45) is 0 Å². The predicted molar refractivity (Wildman–Crippen MR) is 59.0 cm³/mol. The van der Waals surface area contributed by atoms with Crippen molar-refractivity contribution in [1.82, 2.24) is 5.32 Å². The Morgan fingerprint density at radius 3 is 2.64 bits per heavy atom. The number of thiocarbonyl (C=S) groups is 1. The van der Waals surface area contributed by atoms with Crippen LogP contribution in [-0.4, -0.2) is 37.2 Å². The van der Waals surface area contributed by atoms with Crippen molar-refractivity contribution in [3.63, 3.8) is 0 Å². The van der Waals surface area contributed by atoms with Crippen LogP contribution in [0.25, 0.3) is 0 Å². The third-order valence-electron chi connectivity index (χ3n) is 1.90. The van der Waals surface area contributed by atoms with Crippen LogP contribution in [0.3, 0.4) is 0 Å². The lowest BCUT2D eigenvalue weighted by molar-refractivity contribution is 0.222. The summed E-state index contributed by atoms with van der Waals surface area (Å²) in [6.45, 7) is 3.75. The van der Waals surface area contributed by atoms with Gasteiger partial charge >= 0.3 is 0 Å². The molecular weight excluding hydrogens is 222 g/mol. The zero-order valence-corrected chi connectivity index (χ0v) is 9.95. The summed E-state index contributed by atoms with van der Waals surface area (Å²) in [6.07, 6.45) is 0.636. The van der Waals surface area contributed by atoms with Crippen molar-refractivity contribution in [3.05, 3.63) is 0 Å². The molecule has 0 aliphatic carbocycles. The fraction of sp³-hybridized carbons (Fsp3) is 0.875. The van der Waals surface area contributed by atoms with Gasteiger partial charge in [0.05, 0.1) is 17.6 Å². The number of rotatable bonds is 2. The molecule has 1 N–H and O–H groups in total. The lowest BCUT2D eigenvalue weighted by atomic mass is 10.3. The van der Waals surface area contributed by atoms with Gasteiger partial charge in [-0.3, -0.25) is 0 Å². The van der Waals surface area contributed by atoms with Gasteiger partial charge in [-0.2, -0.15) is 0 Å². The fourth-order valence-corrected chi connectivity index (χ4v) is 3.36. The van der Waals surface area contributed by atoms with Crippen LogP contribution in [0.5, 0.6) is 0 Å². The normalized spacial score (nSPS) is 24.9. The Morgan fingerprint density at radius 1 is 1.57 bits per heavy atom. The highest BCUT2D eigenvalue weighted by molar-refractivity contribution is 7.91. The molecule has 1 atom stereocenters. The Balaban J connectivity index is 2.36.